The second kappa shape index (κ2) is 17.5. The second-order valence-electron chi connectivity index (χ2n) is 9.31. The average molecular weight is 477 g/mol. The maximum Gasteiger partial charge on any atom is 0.244 e. The minimum atomic E-state index is -0.0228. The lowest BCUT2D eigenvalue weighted by atomic mass is 9.98. The molecule has 0 unspecified atom stereocenters. The topological polar surface area (TPSA) is 51.2 Å². The fourth-order valence-corrected chi connectivity index (χ4v) is 4.17. The van der Waals surface area contributed by atoms with Gasteiger partial charge in [-0.25, -0.2) is 0 Å². The van der Waals surface area contributed by atoms with Gasteiger partial charge < -0.3 is 10.1 Å². The molecular formula is C31H44N2O2. The van der Waals surface area contributed by atoms with Crippen molar-refractivity contribution in [1.29, 1.82) is 0 Å². The van der Waals surface area contributed by atoms with E-state index < -0.39 is 0 Å². The predicted molar refractivity (Wildman–Crippen MR) is 148 cm³/mol. The van der Waals surface area contributed by atoms with Crippen LogP contribution in [0.15, 0.2) is 67.0 Å². The number of carbonyl (C=O) groups is 1. The molecule has 190 valence electrons. The van der Waals surface area contributed by atoms with Gasteiger partial charge >= 0.3 is 0 Å². The number of ether oxygens (including phenoxy) is 1. The summed E-state index contributed by atoms with van der Waals surface area (Å²) >= 11 is 0. The Hall–Kier alpha value is -2.88. The summed E-state index contributed by atoms with van der Waals surface area (Å²) < 4.78 is 5.29. The molecule has 2 rings (SSSR count). The molecule has 35 heavy (non-hydrogen) atoms. The Labute approximate surface area is 212 Å². The maximum absolute atomic E-state index is 12.4. The number of aryl methyl sites for hydroxylation is 1. The third-order valence-corrected chi connectivity index (χ3v) is 6.27. The van der Waals surface area contributed by atoms with Gasteiger partial charge in [-0.1, -0.05) is 75.8 Å². The Bertz CT molecular complexity index is 888. The van der Waals surface area contributed by atoms with Crippen LogP contribution >= 0.6 is 0 Å². The molecule has 0 spiro atoms. The van der Waals surface area contributed by atoms with Crippen LogP contribution in [0.3, 0.4) is 0 Å². The van der Waals surface area contributed by atoms with Gasteiger partial charge in [0.25, 0.3) is 0 Å². The van der Waals surface area contributed by atoms with Gasteiger partial charge in [0.1, 0.15) is 5.75 Å². The Kier molecular flexibility index (Phi) is 14.2. The minimum absolute atomic E-state index is 0.0228. The molecule has 1 N–H and O–H groups in total. The zero-order chi connectivity index (χ0) is 25.1. The molecule has 0 bridgehead atoms. The van der Waals surface area contributed by atoms with Gasteiger partial charge in [0.15, 0.2) is 0 Å². The number of hydrogen-bond donors (Lipinski definition) is 1. The molecule has 4 nitrogen and oxygen atoms in total. The van der Waals surface area contributed by atoms with E-state index in [4.69, 9.17) is 4.74 Å². The molecule has 1 atom stereocenters. The van der Waals surface area contributed by atoms with Crippen molar-refractivity contribution in [2.45, 2.75) is 90.5 Å². The van der Waals surface area contributed by atoms with Gasteiger partial charge in [0, 0.05) is 24.5 Å². The molecule has 1 aromatic carbocycles. The summed E-state index contributed by atoms with van der Waals surface area (Å²) in [5, 5.41) is 3.11. The van der Waals surface area contributed by atoms with Gasteiger partial charge in [0.2, 0.25) is 5.91 Å². The van der Waals surface area contributed by atoms with Gasteiger partial charge in [-0.15, -0.1) is 0 Å². The second-order valence-corrected chi connectivity index (χ2v) is 9.31. The zero-order valence-electron chi connectivity index (χ0n) is 22.0. The molecule has 0 aliphatic carbocycles. The smallest absolute Gasteiger partial charge is 0.244 e. The van der Waals surface area contributed by atoms with Crippen LogP contribution in [0.5, 0.6) is 5.75 Å². The standard InChI is InChI=1S/C31H44N2O2/c1-4-5-6-11-17-28(29-20-22-30(35-3)23-21-29)18-12-19-31(34)33-26(2)14-9-7-8-10-15-27-16-13-24-32-25-27/h12-13,16,18-26H,4-11,14-15,17H2,1-3H3,(H,33,34)/b19-12+,28-18+/t26-/m1/s1. The monoisotopic (exact) mass is 476 g/mol. The zero-order valence-corrected chi connectivity index (χ0v) is 22.0. The highest BCUT2D eigenvalue weighted by atomic mass is 16.5. The molecule has 0 saturated heterocycles. The van der Waals surface area contributed by atoms with Crippen LogP contribution in [0.1, 0.15) is 89.2 Å². The van der Waals surface area contributed by atoms with Crippen molar-refractivity contribution in [2.24, 2.45) is 0 Å². The van der Waals surface area contributed by atoms with E-state index in [2.05, 4.69) is 48.4 Å². The number of benzene rings is 1. The lowest BCUT2D eigenvalue weighted by molar-refractivity contribution is -0.117. The number of aromatic nitrogens is 1. The number of amides is 1. The molecule has 0 fully saturated rings. The van der Waals surface area contributed by atoms with Crippen molar-refractivity contribution in [1.82, 2.24) is 10.3 Å². The van der Waals surface area contributed by atoms with E-state index in [0.717, 1.165) is 37.9 Å². The number of allylic oxidation sites excluding steroid dienone is 3. The summed E-state index contributed by atoms with van der Waals surface area (Å²) in [5.41, 5.74) is 3.75. The third kappa shape index (κ3) is 12.4. The van der Waals surface area contributed by atoms with Crippen LogP contribution in [-0.4, -0.2) is 24.0 Å². The van der Waals surface area contributed by atoms with Crippen molar-refractivity contribution in [3.8, 4) is 5.75 Å². The Morgan fingerprint density at radius 2 is 1.80 bits per heavy atom. The SMILES string of the molecule is CCCCCC/C(=C\C=C\C(=O)N[C@H](C)CCCCCCc1cccnc1)c1ccc(OC)cc1. The molecule has 1 aromatic heterocycles. The molecule has 1 amide bonds. The molecule has 0 aliphatic heterocycles. The number of pyridine rings is 1. The summed E-state index contributed by atoms with van der Waals surface area (Å²) in [7, 11) is 1.68. The van der Waals surface area contributed by atoms with E-state index in [0.29, 0.717) is 0 Å². The van der Waals surface area contributed by atoms with E-state index in [1.54, 1.807) is 13.2 Å². The van der Waals surface area contributed by atoms with Crippen molar-refractivity contribution >= 4 is 11.5 Å². The quantitative estimate of drug-likeness (QED) is 0.145. The van der Waals surface area contributed by atoms with Crippen molar-refractivity contribution < 1.29 is 9.53 Å². The summed E-state index contributed by atoms with van der Waals surface area (Å²) in [4.78, 5) is 16.6. The molecule has 0 aliphatic rings. The fourth-order valence-electron chi connectivity index (χ4n) is 4.17. The first kappa shape index (κ1) is 28.4. The van der Waals surface area contributed by atoms with E-state index in [1.165, 1.54) is 55.2 Å². The number of unbranched alkanes of at least 4 members (excludes halogenated alkanes) is 6. The van der Waals surface area contributed by atoms with E-state index >= 15 is 0 Å². The number of rotatable bonds is 17. The lowest BCUT2D eigenvalue weighted by Crippen LogP contribution is -2.30. The Morgan fingerprint density at radius 1 is 1.03 bits per heavy atom. The fraction of sp³-hybridized carbons (Fsp3) is 0.484. The van der Waals surface area contributed by atoms with Crippen molar-refractivity contribution in [3.63, 3.8) is 0 Å². The number of nitrogens with one attached hydrogen (secondary N) is 1. The average Bonchev–Trinajstić information content (AvgIpc) is 2.88. The Balaban J connectivity index is 1.74. The normalized spacial score (nSPS) is 12.6. The number of nitrogens with zero attached hydrogens (tertiary/aromatic N) is 1. The molecule has 0 saturated carbocycles. The minimum Gasteiger partial charge on any atom is -0.497 e. The first-order chi connectivity index (χ1) is 17.1. The number of hydrogen-bond acceptors (Lipinski definition) is 3. The predicted octanol–water partition coefficient (Wildman–Crippen LogP) is 7.70. The highest BCUT2D eigenvalue weighted by molar-refractivity contribution is 5.88. The van der Waals surface area contributed by atoms with E-state index in [1.807, 2.05) is 36.7 Å². The van der Waals surface area contributed by atoms with Crippen LogP contribution in [0.25, 0.3) is 5.57 Å². The number of carbonyl (C=O) groups excluding carboxylic acids is 1. The molecule has 1 heterocycles. The molecule has 2 aromatic rings. The van der Waals surface area contributed by atoms with Crippen LogP contribution in [0.4, 0.5) is 0 Å². The molecule has 4 heteroatoms. The highest BCUT2D eigenvalue weighted by Gasteiger charge is 2.05. The van der Waals surface area contributed by atoms with Gasteiger partial charge in [-0.05, 0) is 73.9 Å². The summed E-state index contributed by atoms with van der Waals surface area (Å²) in [6.45, 7) is 4.32. The first-order valence-corrected chi connectivity index (χ1v) is 13.3. The maximum atomic E-state index is 12.4. The van der Waals surface area contributed by atoms with Gasteiger partial charge in [-0.2, -0.15) is 0 Å². The first-order valence-electron chi connectivity index (χ1n) is 13.3. The third-order valence-electron chi connectivity index (χ3n) is 6.27. The molecular weight excluding hydrogens is 432 g/mol. The largest absolute Gasteiger partial charge is 0.497 e. The van der Waals surface area contributed by atoms with Crippen LogP contribution in [-0.2, 0) is 11.2 Å². The lowest BCUT2D eigenvalue weighted by Gasteiger charge is -2.12. The summed E-state index contributed by atoms with van der Waals surface area (Å²) in [5.74, 6) is 0.835. The van der Waals surface area contributed by atoms with Gasteiger partial charge in [0.05, 0.1) is 7.11 Å². The summed E-state index contributed by atoms with van der Waals surface area (Å²) in [6.07, 6.45) is 22.1. The van der Waals surface area contributed by atoms with Crippen LogP contribution in [0, 0.1) is 0 Å². The Morgan fingerprint density at radius 3 is 2.51 bits per heavy atom. The number of methoxy groups -OCH3 is 1. The van der Waals surface area contributed by atoms with Crippen LogP contribution in [0.2, 0.25) is 0 Å². The van der Waals surface area contributed by atoms with Crippen LogP contribution < -0.4 is 10.1 Å². The highest BCUT2D eigenvalue weighted by Crippen LogP contribution is 2.24. The van der Waals surface area contributed by atoms with Crippen molar-refractivity contribution in [3.05, 3.63) is 78.1 Å². The van der Waals surface area contributed by atoms with Crippen molar-refractivity contribution in [2.75, 3.05) is 7.11 Å². The van der Waals surface area contributed by atoms with E-state index in [9.17, 15) is 4.79 Å². The van der Waals surface area contributed by atoms with Gasteiger partial charge in [-0.3, -0.25) is 9.78 Å². The van der Waals surface area contributed by atoms with E-state index in [-0.39, 0.29) is 11.9 Å². The summed E-state index contributed by atoms with van der Waals surface area (Å²) in [6, 6.07) is 12.5. The molecule has 0 radical (unpaired) electrons.